The van der Waals surface area contributed by atoms with Crippen molar-refractivity contribution >= 4 is 17.1 Å². The summed E-state index contributed by atoms with van der Waals surface area (Å²) in [5.74, 6) is 0.642. The lowest BCUT2D eigenvalue weighted by atomic mass is 10.1. The van der Waals surface area contributed by atoms with Crippen molar-refractivity contribution in [1.29, 1.82) is 0 Å². The average molecular weight is 383 g/mol. The molecule has 28 heavy (non-hydrogen) atoms. The van der Waals surface area contributed by atoms with Crippen LogP contribution in [0, 0.1) is 0 Å². The fraction of sp³-hybridized carbons (Fsp3) is 0.450. The molecule has 0 amide bonds. The molecule has 0 radical (unpaired) electrons. The van der Waals surface area contributed by atoms with Gasteiger partial charge in [0.05, 0.1) is 12.6 Å². The molecule has 0 unspecified atom stereocenters. The van der Waals surface area contributed by atoms with Crippen molar-refractivity contribution < 1.29 is 5.11 Å². The summed E-state index contributed by atoms with van der Waals surface area (Å²) in [6.07, 6.45) is 2.50. The van der Waals surface area contributed by atoms with E-state index in [1.165, 1.54) is 18.0 Å². The molecule has 8 heteroatoms. The van der Waals surface area contributed by atoms with E-state index in [1.54, 1.807) is 11.6 Å². The maximum absolute atomic E-state index is 12.9. The Bertz CT molecular complexity index is 1110. The zero-order valence-corrected chi connectivity index (χ0v) is 16.2. The van der Waals surface area contributed by atoms with Gasteiger partial charge in [0.2, 0.25) is 5.95 Å². The van der Waals surface area contributed by atoms with Gasteiger partial charge in [-0.3, -0.25) is 13.9 Å². The Kier molecular flexibility index (Phi) is 4.80. The van der Waals surface area contributed by atoms with E-state index in [0.717, 1.165) is 36.1 Å². The first-order valence-corrected chi connectivity index (χ1v) is 9.63. The van der Waals surface area contributed by atoms with Crippen molar-refractivity contribution in [3.05, 3.63) is 56.7 Å². The Morgan fingerprint density at radius 3 is 2.39 bits per heavy atom. The molecule has 3 aromatic rings. The predicted octanol–water partition coefficient (Wildman–Crippen LogP) is 1.16. The van der Waals surface area contributed by atoms with E-state index in [0.29, 0.717) is 17.1 Å². The minimum Gasteiger partial charge on any atom is -0.387 e. The number of piperidine rings is 1. The van der Waals surface area contributed by atoms with Crippen LogP contribution in [0.3, 0.4) is 0 Å². The second-order valence-corrected chi connectivity index (χ2v) is 7.37. The number of aromatic nitrogens is 4. The lowest BCUT2D eigenvalue weighted by molar-refractivity contribution is 0.158. The number of aliphatic hydroxyl groups excluding tert-OH is 1. The van der Waals surface area contributed by atoms with Crippen LogP contribution in [0.25, 0.3) is 11.2 Å². The van der Waals surface area contributed by atoms with E-state index in [4.69, 9.17) is 0 Å². The highest BCUT2D eigenvalue weighted by Crippen LogP contribution is 2.26. The number of anilines is 1. The maximum atomic E-state index is 12.9. The summed E-state index contributed by atoms with van der Waals surface area (Å²) in [5, 5.41) is 10.8. The molecule has 1 N–H and O–H groups in total. The van der Waals surface area contributed by atoms with Gasteiger partial charge in [-0.05, 0) is 24.8 Å². The first kappa shape index (κ1) is 18.5. The van der Waals surface area contributed by atoms with E-state index in [2.05, 4.69) is 9.88 Å². The summed E-state index contributed by atoms with van der Waals surface area (Å²) >= 11 is 0. The largest absolute Gasteiger partial charge is 0.387 e. The smallest absolute Gasteiger partial charge is 0.332 e. The molecule has 3 heterocycles. The van der Waals surface area contributed by atoms with Gasteiger partial charge in [-0.2, -0.15) is 4.98 Å². The van der Waals surface area contributed by atoms with Crippen LogP contribution in [0.2, 0.25) is 0 Å². The summed E-state index contributed by atoms with van der Waals surface area (Å²) < 4.78 is 4.27. The molecule has 1 fully saturated rings. The van der Waals surface area contributed by atoms with Crippen LogP contribution in [0.5, 0.6) is 0 Å². The molecule has 1 aliphatic rings. The first-order valence-electron chi connectivity index (χ1n) is 9.63. The summed E-state index contributed by atoms with van der Waals surface area (Å²) in [4.78, 5) is 32.1. The van der Waals surface area contributed by atoms with Gasteiger partial charge in [-0.1, -0.05) is 30.3 Å². The molecule has 1 aliphatic heterocycles. The van der Waals surface area contributed by atoms with Gasteiger partial charge in [0.25, 0.3) is 5.56 Å². The van der Waals surface area contributed by atoms with Gasteiger partial charge in [0.15, 0.2) is 11.2 Å². The number of hydrogen-bond acceptors (Lipinski definition) is 5. The van der Waals surface area contributed by atoms with Crippen LogP contribution in [-0.2, 0) is 20.6 Å². The van der Waals surface area contributed by atoms with Gasteiger partial charge < -0.3 is 14.6 Å². The van der Waals surface area contributed by atoms with Crippen LogP contribution < -0.4 is 16.1 Å². The Hall–Kier alpha value is -2.87. The fourth-order valence-corrected chi connectivity index (χ4v) is 3.90. The SMILES string of the molecule is Cn1c(=O)c2c(nc(N3CCCCC3)n2C[C@H](O)c2ccccc2)n(C)c1=O. The molecule has 4 rings (SSSR count). The van der Waals surface area contributed by atoms with E-state index in [1.807, 2.05) is 30.3 Å². The minimum atomic E-state index is -0.788. The van der Waals surface area contributed by atoms with Crippen LogP contribution in [0.1, 0.15) is 30.9 Å². The summed E-state index contributed by atoms with van der Waals surface area (Å²) in [6.45, 7) is 1.89. The van der Waals surface area contributed by atoms with Gasteiger partial charge >= 0.3 is 5.69 Å². The monoisotopic (exact) mass is 383 g/mol. The number of nitrogens with zero attached hydrogens (tertiary/aromatic N) is 5. The third kappa shape index (κ3) is 3.03. The van der Waals surface area contributed by atoms with Crippen LogP contribution in [0.4, 0.5) is 5.95 Å². The Labute approximate surface area is 162 Å². The minimum absolute atomic E-state index is 0.194. The zero-order valence-electron chi connectivity index (χ0n) is 16.2. The van der Waals surface area contributed by atoms with E-state index >= 15 is 0 Å². The van der Waals surface area contributed by atoms with Crippen molar-refractivity contribution in [1.82, 2.24) is 18.7 Å². The number of benzene rings is 1. The standard InChI is InChI=1S/C20H25N5O3/c1-22-17-16(18(27)23(2)20(22)28)25(13-15(26)14-9-5-3-6-10-14)19(21-17)24-11-7-4-8-12-24/h3,5-6,9-10,15,26H,4,7-8,11-13H2,1-2H3/t15-/m0/s1. The second kappa shape index (κ2) is 7.27. The Morgan fingerprint density at radius 1 is 1.04 bits per heavy atom. The normalized spacial score (nSPS) is 15.9. The van der Waals surface area contributed by atoms with E-state index < -0.39 is 17.4 Å². The van der Waals surface area contributed by atoms with Crippen molar-refractivity contribution in [2.75, 3.05) is 18.0 Å². The molecule has 148 valence electrons. The summed E-state index contributed by atoms with van der Waals surface area (Å²) in [6, 6.07) is 9.36. The van der Waals surface area contributed by atoms with E-state index in [-0.39, 0.29) is 6.54 Å². The van der Waals surface area contributed by atoms with Gasteiger partial charge in [-0.25, -0.2) is 4.79 Å². The highest BCUT2D eigenvalue weighted by Gasteiger charge is 2.25. The molecule has 0 aliphatic carbocycles. The third-order valence-electron chi connectivity index (χ3n) is 5.51. The van der Waals surface area contributed by atoms with Gasteiger partial charge in [0.1, 0.15) is 0 Å². The molecule has 8 nitrogen and oxygen atoms in total. The summed E-state index contributed by atoms with van der Waals surface area (Å²) in [7, 11) is 3.09. The Morgan fingerprint density at radius 2 is 1.71 bits per heavy atom. The molecule has 1 atom stereocenters. The van der Waals surface area contributed by atoms with E-state index in [9.17, 15) is 14.7 Å². The number of fused-ring (bicyclic) bond motifs is 1. The van der Waals surface area contributed by atoms with Crippen molar-refractivity contribution in [2.24, 2.45) is 14.1 Å². The lowest BCUT2D eigenvalue weighted by Gasteiger charge is -2.28. The van der Waals surface area contributed by atoms with Gasteiger partial charge in [-0.15, -0.1) is 0 Å². The number of imidazole rings is 1. The summed E-state index contributed by atoms with van der Waals surface area (Å²) in [5.41, 5.74) is 0.676. The van der Waals surface area contributed by atoms with Crippen molar-refractivity contribution in [3.63, 3.8) is 0 Å². The molecule has 1 saturated heterocycles. The average Bonchev–Trinajstić information content (AvgIpc) is 3.11. The fourth-order valence-electron chi connectivity index (χ4n) is 3.90. The molecule has 0 spiro atoms. The zero-order chi connectivity index (χ0) is 19.8. The number of hydrogen-bond donors (Lipinski definition) is 1. The van der Waals surface area contributed by atoms with Gasteiger partial charge in [0, 0.05) is 27.2 Å². The number of aliphatic hydroxyl groups is 1. The lowest BCUT2D eigenvalue weighted by Crippen LogP contribution is -2.38. The van der Waals surface area contributed by atoms with Crippen molar-refractivity contribution in [3.8, 4) is 0 Å². The maximum Gasteiger partial charge on any atom is 0.332 e. The van der Waals surface area contributed by atoms with Crippen molar-refractivity contribution in [2.45, 2.75) is 31.9 Å². The molecule has 1 aromatic carbocycles. The molecule has 0 bridgehead atoms. The van der Waals surface area contributed by atoms with Crippen LogP contribution >= 0.6 is 0 Å². The topological polar surface area (TPSA) is 85.3 Å². The first-order chi connectivity index (χ1) is 13.5. The molecular weight excluding hydrogens is 358 g/mol. The number of rotatable bonds is 4. The van der Waals surface area contributed by atoms with Crippen LogP contribution in [-0.4, -0.2) is 36.9 Å². The molecule has 2 aromatic heterocycles. The third-order valence-corrected chi connectivity index (χ3v) is 5.51. The second-order valence-electron chi connectivity index (χ2n) is 7.37. The highest BCUT2D eigenvalue weighted by atomic mass is 16.3. The predicted molar refractivity (Wildman–Crippen MR) is 108 cm³/mol. The van der Waals surface area contributed by atoms with Crippen LogP contribution in [0.15, 0.2) is 39.9 Å². The molecular formula is C20H25N5O3. The molecule has 0 saturated carbocycles. The highest BCUT2D eigenvalue weighted by molar-refractivity contribution is 5.74. The quantitative estimate of drug-likeness (QED) is 0.731. The number of aryl methyl sites for hydroxylation is 1. The Balaban J connectivity index is 1.90.